The molecule has 0 aliphatic heterocycles. The van der Waals surface area contributed by atoms with Crippen molar-refractivity contribution in [3.63, 3.8) is 0 Å². The van der Waals surface area contributed by atoms with Crippen LogP contribution in [-0.2, 0) is 12.8 Å². The van der Waals surface area contributed by atoms with Gasteiger partial charge in [-0.15, -0.1) is 0 Å². The van der Waals surface area contributed by atoms with Crippen LogP contribution in [0.5, 0.6) is 0 Å². The quantitative estimate of drug-likeness (QED) is 0.826. The van der Waals surface area contributed by atoms with Crippen LogP contribution in [0.1, 0.15) is 43.7 Å². The van der Waals surface area contributed by atoms with Gasteiger partial charge in [0.05, 0.1) is 5.60 Å². The molecule has 0 radical (unpaired) electrons. The third kappa shape index (κ3) is 1.72. The summed E-state index contributed by atoms with van der Waals surface area (Å²) >= 11 is 0. The molecular weight excluding hydrogens is 208 g/mol. The van der Waals surface area contributed by atoms with E-state index in [0.29, 0.717) is 11.8 Å². The lowest BCUT2D eigenvalue weighted by Crippen LogP contribution is -2.40. The largest absolute Gasteiger partial charge is 0.389 e. The zero-order valence-electron chi connectivity index (χ0n) is 10.7. The molecule has 3 rings (SSSR count). The van der Waals surface area contributed by atoms with E-state index in [1.807, 2.05) is 0 Å². The first-order chi connectivity index (χ1) is 8.24. The summed E-state index contributed by atoms with van der Waals surface area (Å²) < 4.78 is 0. The van der Waals surface area contributed by atoms with Crippen LogP contribution < -0.4 is 0 Å². The molecule has 1 heteroatoms. The van der Waals surface area contributed by atoms with Crippen molar-refractivity contribution in [2.24, 2.45) is 11.8 Å². The Morgan fingerprint density at radius 1 is 1.12 bits per heavy atom. The lowest BCUT2D eigenvalue weighted by Gasteiger charge is -2.33. The summed E-state index contributed by atoms with van der Waals surface area (Å²) in [5, 5.41) is 11.0. The number of rotatable bonds is 2. The van der Waals surface area contributed by atoms with Crippen molar-refractivity contribution < 1.29 is 5.11 Å². The Labute approximate surface area is 104 Å². The molecule has 2 atom stereocenters. The smallest absolute Gasteiger partial charge is 0.0710 e. The Morgan fingerprint density at radius 2 is 1.65 bits per heavy atom. The zero-order valence-corrected chi connectivity index (χ0v) is 10.7. The van der Waals surface area contributed by atoms with Crippen molar-refractivity contribution in [3.05, 3.63) is 35.4 Å². The lowest BCUT2D eigenvalue weighted by atomic mass is 9.79. The van der Waals surface area contributed by atoms with Gasteiger partial charge < -0.3 is 5.11 Å². The summed E-state index contributed by atoms with van der Waals surface area (Å²) in [5.74, 6) is 0.993. The highest BCUT2D eigenvalue weighted by Gasteiger charge is 2.49. The van der Waals surface area contributed by atoms with Crippen molar-refractivity contribution in [2.45, 2.75) is 51.0 Å². The first kappa shape index (κ1) is 11.3. The molecule has 0 saturated heterocycles. The summed E-state index contributed by atoms with van der Waals surface area (Å²) in [6.07, 6.45) is 6.69. The minimum atomic E-state index is -0.381. The molecule has 0 amide bonds. The lowest BCUT2D eigenvalue weighted by molar-refractivity contribution is -0.0413. The van der Waals surface area contributed by atoms with Crippen molar-refractivity contribution in [3.8, 4) is 0 Å². The maximum atomic E-state index is 11.0. The topological polar surface area (TPSA) is 20.2 Å². The highest BCUT2D eigenvalue weighted by Crippen LogP contribution is 2.49. The third-order valence-corrected chi connectivity index (χ3v) is 4.98. The van der Waals surface area contributed by atoms with Crippen LogP contribution in [0.25, 0.3) is 0 Å². The van der Waals surface area contributed by atoms with Gasteiger partial charge in [-0.1, -0.05) is 37.6 Å². The van der Waals surface area contributed by atoms with Gasteiger partial charge in [-0.3, -0.25) is 0 Å². The van der Waals surface area contributed by atoms with Gasteiger partial charge >= 0.3 is 0 Å². The highest BCUT2D eigenvalue weighted by atomic mass is 16.3. The fraction of sp³-hybridized carbons (Fsp3) is 0.625. The van der Waals surface area contributed by atoms with E-state index in [1.165, 1.54) is 24.0 Å². The molecule has 1 aromatic carbocycles. The van der Waals surface area contributed by atoms with E-state index >= 15 is 0 Å². The molecule has 92 valence electrons. The van der Waals surface area contributed by atoms with Gasteiger partial charge in [0.25, 0.3) is 0 Å². The molecule has 2 unspecified atom stereocenters. The minimum absolute atomic E-state index is 0.381. The first-order valence-electron chi connectivity index (χ1n) is 7.03. The molecule has 1 aromatic rings. The maximum absolute atomic E-state index is 11.0. The Hall–Kier alpha value is -0.820. The number of aliphatic hydroxyl groups is 1. The molecule has 1 N–H and O–H groups in total. The predicted molar refractivity (Wildman–Crippen MR) is 69.9 cm³/mol. The van der Waals surface area contributed by atoms with Gasteiger partial charge in [-0.25, -0.2) is 0 Å². The average Bonchev–Trinajstić information content (AvgIpc) is 2.52. The molecule has 1 fully saturated rings. The molecule has 2 aliphatic rings. The predicted octanol–water partition coefficient (Wildman–Crippen LogP) is 3.34. The third-order valence-electron chi connectivity index (χ3n) is 4.98. The van der Waals surface area contributed by atoms with Crippen molar-refractivity contribution in [1.82, 2.24) is 0 Å². The second-order valence-electron chi connectivity index (χ2n) is 5.89. The van der Waals surface area contributed by atoms with Gasteiger partial charge in [0, 0.05) is 0 Å². The van der Waals surface area contributed by atoms with E-state index in [9.17, 15) is 5.11 Å². The highest BCUT2D eigenvalue weighted by molar-refractivity contribution is 5.31. The molecule has 0 spiro atoms. The zero-order chi connectivity index (χ0) is 11.9. The summed E-state index contributed by atoms with van der Waals surface area (Å²) in [5.41, 5.74) is 2.58. The molecular formula is C16H22O. The number of fused-ring (bicyclic) bond motifs is 3. The molecule has 17 heavy (non-hydrogen) atoms. The normalized spacial score (nSPS) is 35.4. The minimum Gasteiger partial charge on any atom is -0.389 e. The number of hydrogen-bond donors (Lipinski definition) is 1. The van der Waals surface area contributed by atoms with E-state index in [0.717, 1.165) is 25.7 Å². The Kier molecular flexibility index (Phi) is 2.74. The van der Waals surface area contributed by atoms with Crippen LogP contribution in [0.15, 0.2) is 24.3 Å². The second-order valence-corrected chi connectivity index (χ2v) is 5.89. The van der Waals surface area contributed by atoms with Crippen molar-refractivity contribution >= 4 is 0 Å². The van der Waals surface area contributed by atoms with Gasteiger partial charge in [0.15, 0.2) is 0 Å². The molecule has 0 heterocycles. The van der Waals surface area contributed by atoms with Gasteiger partial charge in [-0.05, 0) is 55.1 Å². The summed E-state index contributed by atoms with van der Waals surface area (Å²) in [4.78, 5) is 0. The standard InChI is InChI=1S/C16H22O/c1-2-9-16(17)14-7-8-15(16)11-13-6-4-3-5-12(13)10-14/h3-6,14-15,17H,2,7-11H2,1H3. The average molecular weight is 230 g/mol. The van der Waals surface area contributed by atoms with E-state index in [-0.39, 0.29) is 5.60 Å². The van der Waals surface area contributed by atoms with Crippen LogP contribution in [0, 0.1) is 11.8 Å². The summed E-state index contributed by atoms with van der Waals surface area (Å²) in [6, 6.07) is 8.78. The van der Waals surface area contributed by atoms with Crippen molar-refractivity contribution in [1.29, 1.82) is 0 Å². The van der Waals surface area contributed by atoms with Crippen LogP contribution in [0.2, 0.25) is 0 Å². The van der Waals surface area contributed by atoms with E-state index in [1.54, 1.807) is 0 Å². The van der Waals surface area contributed by atoms with E-state index < -0.39 is 0 Å². The Balaban J connectivity index is 1.97. The van der Waals surface area contributed by atoms with Gasteiger partial charge in [0.1, 0.15) is 0 Å². The second kappa shape index (κ2) is 4.13. The molecule has 0 aromatic heterocycles. The Bertz CT molecular complexity index is 377. The van der Waals surface area contributed by atoms with Gasteiger partial charge in [0.2, 0.25) is 0 Å². The molecule has 2 aliphatic carbocycles. The number of benzene rings is 1. The maximum Gasteiger partial charge on any atom is 0.0710 e. The van der Waals surface area contributed by atoms with Gasteiger partial charge in [-0.2, -0.15) is 0 Å². The first-order valence-corrected chi connectivity index (χ1v) is 7.03. The van der Waals surface area contributed by atoms with Crippen LogP contribution in [-0.4, -0.2) is 10.7 Å². The summed E-state index contributed by atoms with van der Waals surface area (Å²) in [6.45, 7) is 2.19. The SMILES string of the molecule is CCCC1(O)C2CCC1Cc1ccccc1C2. The molecule has 1 saturated carbocycles. The number of hydrogen-bond acceptors (Lipinski definition) is 1. The molecule has 1 nitrogen and oxygen atoms in total. The fourth-order valence-electron chi connectivity index (χ4n) is 4.09. The van der Waals surface area contributed by atoms with Crippen LogP contribution in [0.4, 0.5) is 0 Å². The molecule has 2 bridgehead atoms. The Morgan fingerprint density at radius 3 is 2.12 bits per heavy atom. The van der Waals surface area contributed by atoms with Crippen LogP contribution >= 0.6 is 0 Å². The monoisotopic (exact) mass is 230 g/mol. The van der Waals surface area contributed by atoms with E-state index in [4.69, 9.17) is 0 Å². The fourth-order valence-corrected chi connectivity index (χ4v) is 4.09. The van der Waals surface area contributed by atoms with E-state index in [2.05, 4.69) is 31.2 Å². The van der Waals surface area contributed by atoms with Crippen LogP contribution in [0.3, 0.4) is 0 Å². The summed E-state index contributed by atoms with van der Waals surface area (Å²) in [7, 11) is 0. The van der Waals surface area contributed by atoms with Crippen molar-refractivity contribution in [2.75, 3.05) is 0 Å².